The van der Waals surface area contributed by atoms with Crippen molar-refractivity contribution in [1.29, 1.82) is 0 Å². The summed E-state index contributed by atoms with van der Waals surface area (Å²) in [7, 11) is 3.91. The van der Waals surface area contributed by atoms with Gasteiger partial charge in [0.25, 0.3) is 0 Å². The first-order valence-corrected chi connectivity index (χ1v) is 19.1. The summed E-state index contributed by atoms with van der Waals surface area (Å²) in [5.41, 5.74) is 1.10. The molecule has 48 heavy (non-hydrogen) atoms. The van der Waals surface area contributed by atoms with Gasteiger partial charge in [-0.05, 0) is 84.7 Å². The number of unbranched alkanes of at least 4 members (excludes halogenated alkanes) is 11. The predicted molar refractivity (Wildman–Crippen MR) is 197 cm³/mol. The van der Waals surface area contributed by atoms with E-state index in [0.29, 0.717) is 12.8 Å². The molecule has 0 heterocycles. The maximum atomic E-state index is 12.7. The summed E-state index contributed by atoms with van der Waals surface area (Å²) in [4.78, 5) is 39.3. The van der Waals surface area contributed by atoms with Gasteiger partial charge in [0.05, 0.1) is 12.5 Å². The lowest BCUT2D eigenvalue weighted by atomic mass is 10.0. The Labute approximate surface area is 294 Å². The Bertz CT molecular complexity index is 881. The Kier molecular flexibility index (Phi) is 32.4. The number of hydrogen-bond acceptors (Lipinski definition) is 8. The highest BCUT2D eigenvalue weighted by atomic mass is 16.7. The molecular weight excluding hydrogens is 606 g/mol. The average molecular weight is 678 g/mol. The van der Waals surface area contributed by atoms with E-state index in [9.17, 15) is 14.4 Å². The largest absolute Gasteiger partial charge is 0.508 e. The highest BCUT2D eigenvalue weighted by Gasteiger charge is 2.18. The zero-order valence-corrected chi connectivity index (χ0v) is 31.4. The van der Waals surface area contributed by atoms with Gasteiger partial charge in [-0.15, -0.1) is 0 Å². The maximum absolute atomic E-state index is 12.7. The maximum Gasteiger partial charge on any atom is 0.508 e. The molecule has 0 saturated carbocycles. The van der Waals surface area contributed by atoms with Crippen LogP contribution < -0.4 is 0 Å². The molecule has 0 N–H and O–H groups in total. The Balaban J connectivity index is 4.59. The number of carbonyl (C=O) groups excluding carboxylic acids is 3. The predicted octanol–water partition coefficient (Wildman–Crippen LogP) is 10.3. The van der Waals surface area contributed by atoms with Crippen molar-refractivity contribution < 1.29 is 33.3 Å². The van der Waals surface area contributed by atoms with Crippen LogP contribution in [0.1, 0.15) is 149 Å². The molecule has 8 heteroatoms. The first-order chi connectivity index (χ1) is 23.3. The number of carbonyl (C=O) groups is 3. The SMILES string of the molecule is CCCCC/C=C\C/C=C\CCCCCCCC(=O)OCC(COC(=O)/C=C(\CCCC)CCCCC)COC(=O)OCCCN(C)C. The standard InChI is InChI=1S/C40H71NO7/c1-6-9-12-13-14-15-16-17-18-19-20-21-22-23-25-29-38(42)46-33-37(35-48-40(44)45-31-26-30-41(4)5)34-47-39(43)32-36(27-11-8-3)28-24-10-7-2/h14-15,17-18,32,37H,6-13,16,19-31,33-35H2,1-5H3/b15-14-,18-17-,36-32+. The summed E-state index contributed by atoms with van der Waals surface area (Å²) < 4.78 is 21.5. The van der Waals surface area contributed by atoms with E-state index in [2.05, 4.69) is 45.1 Å². The van der Waals surface area contributed by atoms with Crippen LogP contribution in [-0.4, -0.2) is 70.1 Å². The number of allylic oxidation sites excluding steroid dienone is 5. The molecule has 0 spiro atoms. The topological polar surface area (TPSA) is 91.4 Å². The molecule has 0 bridgehead atoms. The van der Waals surface area contributed by atoms with Crippen LogP contribution in [0.15, 0.2) is 36.0 Å². The van der Waals surface area contributed by atoms with Gasteiger partial charge in [0.2, 0.25) is 0 Å². The molecule has 0 saturated heterocycles. The van der Waals surface area contributed by atoms with Crippen molar-refractivity contribution in [2.24, 2.45) is 5.92 Å². The second-order valence-corrected chi connectivity index (χ2v) is 13.1. The highest BCUT2D eigenvalue weighted by molar-refractivity contribution is 5.82. The van der Waals surface area contributed by atoms with Crippen molar-refractivity contribution in [2.45, 2.75) is 149 Å². The molecule has 0 aromatic heterocycles. The van der Waals surface area contributed by atoms with Crippen molar-refractivity contribution in [2.75, 3.05) is 47.1 Å². The van der Waals surface area contributed by atoms with Crippen LogP contribution in [0.5, 0.6) is 0 Å². The van der Waals surface area contributed by atoms with Crippen LogP contribution in [-0.2, 0) is 28.5 Å². The lowest BCUT2D eigenvalue weighted by molar-refractivity contribution is -0.148. The van der Waals surface area contributed by atoms with E-state index in [1.165, 1.54) is 25.7 Å². The third kappa shape index (κ3) is 32.0. The van der Waals surface area contributed by atoms with Gasteiger partial charge in [0, 0.05) is 19.0 Å². The fourth-order valence-electron chi connectivity index (χ4n) is 4.96. The first-order valence-electron chi connectivity index (χ1n) is 19.1. The minimum Gasteiger partial charge on any atom is -0.465 e. The van der Waals surface area contributed by atoms with Gasteiger partial charge in [0.1, 0.15) is 19.8 Å². The Morgan fingerprint density at radius 3 is 1.83 bits per heavy atom. The molecule has 0 aliphatic heterocycles. The van der Waals surface area contributed by atoms with Gasteiger partial charge in [-0.2, -0.15) is 0 Å². The van der Waals surface area contributed by atoms with Crippen molar-refractivity contribution in [1.82, 2.24) is 4.90 Å². The van der Waals surface area contributed by atoms with E-state index in [0.717, 1.165) is 102 Å². The molecule has 0 amide bonds. The van der Waals surface area contributed by atoms with Crippen molar-refractivity contribution in [3.63, 3.8) is 0 Å². The van der Waals surface area contributed by atoms with Gasteiger partial charge in [-0.1, -0.05) is 102 Å². The number of rotatable bonds is 32. The van der Waals surface area contributed by atoms with E-state index in [1.807, 2.05) is 19.0 Å². The molecule has 0 fully saturated rings. The first kappa shape index (κ1) is 45.4. The molecule has 8 nitrogen and oxygen atoms in total. The van der Waals surface area contributed by atoms with Crippen molar-refractivity contribution in [3.05, 3.63) is 36.0 Å². The lowest BCUT2D eigenvalue weighted by Crippen LogP contribution is -2.26. The summed E-state index contributed by atoms with van der Waals surface area (Å²) in [5.74, 6) is -1.18. The van der Waals surface area contributed by atoms with Crippen LogP contribution in [0.25, 0.3) is 0 Å². The summed E-state index contributed by atoms with van der Waals surface area (Å²) in [5, 5.41) is 0. The van der Waals surface area contributed by atoms with Crippen molar-refractivity contribution in [3.8, 4) is 0 Å². The molecule has 0 aromatic carbocycles. The number of ether oxygens (including phenoxy) is 4. The van der Waals surface area contributed by atoms with Gasteiger partial charge in [-0.25, -0.2) is 9.59 Å². The lowest BCUT2D eigenvalue weighted by Gasteiger charge is -2.17. The third-order valence-electron chi connectivity index (χ3n) is 7.95. The van der Waals surface area contributed by atoms with Crippen LogP contribution in [0.2, 0.25) is 0 Å². The van der Waals surface area contributed by atoms with Crippen LogP contribution in [0, 0.1) is 5.92 Å². The van der Waals surface area contributed by atoms with Crippen molar-refractivity contribution >= 4 is 18.1 Å². The minimum absolute atomic E-state index is 0.00317. The van der Waals surface area contributed by atoms with E-state index in [4.69, 9.17) is 18.9 Å². The Morgan fingerprint density at radius 2 is 1.15 bits per heavy atom. The number of hydrogen-bond donors (Lipinski definition) is 0. The van der Waals surface area contributed by atoms with Gasteiger partial charge in [-0.3, -0.25) is 4.79 Å². The Hall–Kier alpha value is -2.61. The summed E-state index contributed by atoms with van der Waals surface area (Å²) in [6.45, 7) is 7.49. The van der Waals surface area contributed by atoms with Crippen LogP contribution >= 0.6 is 0 Å². The highest BCUT2D eigenvalue weighted by Crippen LogP contribution is 2.16. The zero-order chi connectivity index (χ0) is 35.5. The molecule has 0 aliphatic carbocycles. The van der Waals surface area contributed by atoms with Gasteiger partial charge < -0.3 is 23.8 Å². The molecule has 0 radical (unpaired) electrons. The fraction of sp³-hybridized carbons (Fsp3) is 0.775. The smallest absolute Gasteiger partial charge is 0.465 e. The minimum atomic E-state index is -0.779. The van der Waals surface area contributed by atoms with E-state index >= 15 is 0 Å². The molecule has 0 rings (SSSR count). The second-order valence-electron chi connectivity index (χ2n) is 13.1. The molecule has 1 unspecified atom stereocenters. The van der Waals surface area contributed by atoms with Gasteiger partial charge in [0.15, 0.2) is 0 Å². The van der Waals surface area contributed by atoms with Crippen LogP contribution in [0.3, 0.4) is 0 Å². The molecule has 278 valence electrons. The summed E-state index contributed by atoms with van der Waals surface area (Å²) in [6, 6.07) is 0. The van der Waals surface area contributed by atoms with E-state index in [-0.39, 0.29) is 32.4 Å². The molecule has 1 atom stereocenters. The normalized spacial score (nSPS) is 12.6. The van der Waals surface area contributed by atoms with E-state index < -0.39 is 18.0 Å². The quantitative estimate of drug-likeness (QED) is 0.0228. The number of nitrogens with zero attached hydrogens (tertiary/aromatic N) is 1. The fourth-order valence-corrected chi connectivity index (χ4v) is 4.96. The average Bonchev–Trinajstić information content (AvgIpc) is 3.06. The summed E-state index contributed by atoms with van der Waals surface area (Å²) >= 11 is 0. The van der Waals surface area contributed by atoms with Crippen LogP contribution in [0.4, 0.5) is 4.79 Å². The molecular formula is C40H71NO7. The Morgan fingerprint density at radius 1 is 0.583 bits per heavy atom. The summed E-state index contributed by atoms with van der Waals surface area (Å²) in [6.07, 6.45) is 30.4. The number of esters is 2. The third-order valence-corrected chi connectivity index (χ3v) is 7.95. The van der Waals surface area contributed by atoms with Gasteiger partial charge >= 0.3 is 18.1 Å². The monoisotopic (exact) mass is 678 g/mol. The second kappa shape index (κ2) is 34.3. The molecule has 0 aliphatic rings. The molecule has 0 aromatic rings. The zero-order valence-electron chi connectivity index (χ0n) is 31.4. The van der Waals surface area contributed by atoms with E-state index in [1.54, 1.807) is 6.08 Å².